The summed E-state index contributed by atoms with van der Waals surface area (Å²) in [5.74, 6) is 0.0568. The second-order valence-electron chi connectivity index (χ2n) is 5.25. The average molecular weight is 248 g/mol. The number of likely N-dealkylation sites (N-methyl/N-ethyl adjacent to an activating group) is 1. The fourth-order valence-corrected chi connectivity index (χ4v) is 1.82. The van der Waals surface area contributed by atoms with Crippen molar-refractivity contribution in [3.05, 3.63) is 35.9 Å². The summed E-state index contributed by atoms with van der Waals surface area (Å²) >= 11 is 0. The van der Waals surface area contributed by atoms with Gasteiger partial charge in [-0.3, -0.25) is 4.79 Å². The lowest BCUT2D eigenvalue weighted by Gasteiger charge is -2.27. The maximum Gasteiger partial charge on any atom is 0.236 e. The molecule has 0 aromatic heterocycles. The van der Waals surface area contributed by atoms with E-state index in [2.05, 4.69) is 36.6 Å². The quantitative estimate of drug-likeness (QED) is 0.809. The topological polar surface area (TPSA) is 41.1 Å². The Hall–Kier alpha value is -1.35. The normalized spacial score (nSPS) is 13.1. The highest BCUT2D eigenvalue weighted by atomic mass is 16.2. The van der Waals surface area contributed by atoms with Crippen LogP contribution >= 0.6 is 0 Å². The molecule has 1 aromatic carbocycles. The van der Waals surface area contributed by atoms with Gasteiger partial charge in [0.25, 0.3) is 0 Å². The minimum atomic E-state index is -0.159. The van der Waals surface area contributed by atoms with Crippen LogP contribution in [0.25, 0.3) is 0 Å². The third-order valence-corrected chi connectivity index (χ3v) is 3.15. The van der Waals surface area contributed by atoms with Crippen molar-refractivity contribution in [2.45, 2.75) is 39.2 Å². The van der Waals surface area contributed by atoms with Crippen molar-refractivity contribution < 1.29 is 4.79 Å². The first-order valence-corrected chi connectivity index (χ1v) is 6.54. The maximum atomic E-state index is 11.6. The predicted molar refractivity (Wildman–Crippen MR) is 75.6 cm³/mol. The second-order valence-corrected chi connectivity index (χ2v) is 5.25. The summed E-state index contributed by atoms with van der Waals surface area (Å²) in [7, 11) is 0. The molecule has 0 bridgehead atoms. The third kappa shape index (κ3) is 4.15. The molecule has 3 heteroatoms. The van der Waals surface area contributed by atoms with Crippen LogP contribution in [0.1, 0.15) is 33.3 Å². The van der Waals surface area contributed by atoms with Crippen LogP contribution in [0.2, 0.25) is 0 Å². The van der Waals surface area contributed by atoms with Gasteiger partial charge in [-0.2, -0.15) is 0 Å². The van der Waals surface area contributed by atoms with E-state index in [4.69, 9.17) is 0 Å². The first kappa shape index (κ1) is 14.7. The molecule has 1 rings (SSSR count). The maximum absolute atomic E-state index is 11.6. The van der Waals surface area contributed by atoms with Crippen LogP contribution < -0.4 is 10.6 Å². The SMILES string of the molecule is CCNC(=O)C(C)NCC(C)(C)c1ccccc1. The van der Waals surface area contributed by atoms with Crippen LogP contribution in [0.15, 0.2) is 30.3 Å². The van der Waals surface area contributed by atoms with E-state index >= 15 is 0 Å². The van der Waals surface area contributed by atoms with Crippen molar-refractivity contribution in [1.29, 1.82) is 0 Å². The summed E-state index contributed by atoms with van der Waals surface area (Å²) in [5, 5.41) is 6.11. The van der Waals surface area contributed by atoms with Gasteiger partial charge in [0.05, 0.1) is 6.04 Å². The highest BCUT2D eigenvalue weighted by Crippen LogP contribution is 2.21. The van der Waals surface area contributed by atoms with Gasteiger partial charge >= 0.3 is 0 Å². The summed E-state index contributed by atoms with van der Waals surface area (Å²) < 4.78 is 0. The summed E-state index contributed by atoms with van der Waals surface area (Å²) in [6, 6.07) is 10.2. The number of hydrogen-bond donors (Lipinski definition) is 2. The minimum absolute atomic E-state index is 0.0159. The molecule has 0 radical (unpaired) electrons. The van der Waals surface area contributed by atoms with Gasteiger partial charge < -0.3 is 10.6 Å². The monoisotopic (exact) mass is 248 g/mol. The standard InChI is InChI=1S/C15H24N2O/c1-5-16-14(18)12(2)17-11-15(3,4)13-9-7-6-8-10-13/h6-10,12,17H,5,11H2,1-4H3,(H,16,18). The van der Waals surface area contributed by atoms with Crippen LogP contribution in [-0.2, 0) is 10.2 Å². The molecule has 0 aliphatic rings. The lowest BCUT2D eigenvalue weighted by molar-refractivity contribution is -0.122. The Labute approximate surface area is 110 Å². The highest BCUT2D eigenvalue weighted by molar-refractivity contribution is 5.81. The molecule has 0 fully saturated rings. The van der Waals surface area contributed by atoms with Crippen molar-refractivity contribution in [1.82, 2.24) is 10.6 Å². The molecule has 1 atom stereocenters. The van der Waals surface area contributed by atoms with E-state index in [9.17, 15) is 4.79 Å². The van der Waals surface area contributed by atoms with Crippen molar-refractivity contribution in [3.8, 4) is 0 Å². The van der Waals surface area contributed by atoms with Gasteiger partial charge in [0.15, 0.2) is 0 Å². The number of amides is 1. The molecule has 2 N–H and O–H groups in total. The molecular weight excluding hydrogens is 224 g/mol. The lowest BCUT2D eigenvalue weighted by atomic mass is 9.84. The van der Waals surface area contributed by atoms with E-state index < -0.39 is 0 Å². The van der Waals surface area contributed by atoms with Crippen molar-refractivity contribution in [2.24, 2.45) is 0 Å². The van der Waals surface area contributed by atoms with Crippen molar-refractivity contribution >= 4 is 5.91 Å². The summed E-state index contributed by atoms with van der Waals surface area (Å²) in [6.07, 6.45) is 0. The van der Waals surface area contributed by atoms with Gasteiger partial charge in [-0.05, 0) is 19.4 Å². The van der Waals surface area contributed by atoms with Gasteiger partial charge in [-0.15, -0.1) is 0 Å². The van der Waals surface area contributed by atoms with E-state index in [0.717, 1.165) is 6.54 Å². The third-order valence-electron chi connectivity index (χ3n) is 3.15. The van der Waals surface area contributed by atoms with E-state index in [1.807, 2.05) is 32.0 Å². The molecule has 100 valence electrons. The summed E-state index contributed by atoms with van der Waals surface area (Å²) in [6.45, 7) is 9.63. The Morgan fingerprint density at radius 1 is 1.28 bits per heavy atom. The molecule has 0 spiro atoms. The Morgan fingerprint density at radius 3 is 2.44 bits per heavy atom. The molecular formula is C15H24N2O. The highest BCUT2D eigenvalue weighted by Gasteiger charge is 2.22. The smallest absolute Gasteiger partial charge is 0.236 e. The van der Waals surface area contributed by atoms with Crippen molar-refractivity contribution in [2.75, 3.05) is 13.1 Å². The summed E-state index contributed by atoms with van der Waals surface area (Å²) in [4.78, 5) is 11.6. The Morgan fingerprint density at radius 2 is 1.89 bits per heavy atom. The fraction of sp³-hybridized carbons (Fsp3) is 0.533. The van der Waals surface area contributed by atoms with Crippen LogP contribution in [0.4, 0.5) is 0 Å². The first-order chi connectivity index (χ1) is 8.47. The fourth-order valence-electron chi connectivity index (χ4n) is 1.82. The van der Waals surface area contributed by atoms with E-state index in [-0.39, 0.29) is 17.4 Å². The molecule has 0 heterocycles. The molecule has 0 saturated carbocycles. The summed E-state index contributed by atoms with van der Waals surface area (Å²) in [5.41, 5.74) is 1.29. The van der Waals surface area contributed by atoms with E-state index in [0.29, 0.717) is 6.54 Å². The number of nitrogens with one attached hydrogen (secondary N) is 2. The first-order valence-electron chi connectivity index (χ1n) is 6.54. The predicted octanol–water partition coefficient (Wildman–Crippen LogP) is 2.08. The Balaban J connectivity index is 2.54. The zero-order valence-corrected chi connectivity index (χ0v) is 11.8. The number of carbonyl (C=O) groups excluding carboxylic acids is 1. The number of rotatable bonds is 6. The van der Waals surface area contributed by atoms with Crippen LogP contribution in [-0.4, -0.2) is 25.0 Å². The Bertz CT molecular complexity index is 373. The van der Waals surface area contributed by atoms with Crippen LogP contribution in [0, 0.1) is 0 Å². The van der Waals surface area contributed by atoms with E-state index in [1.54, 1.807) is 0 Å². The van der Waals surface area contributed by atoms with E-state index in [1.165, 1.54) is 5.56 Å². The largest absolute Gasteiger partial charge is 0.355 e. The van der Waals surface area contributed by atoms with Gasteiger partial charge in [-0.25, -0.2) is 0 Å². The van der Waals surface area contributed by atoms with Gasteiger partial charge in [0, 0.05) is 18.5 Å². The molecule has 0 aliphatic carbocycles. The Kier molecular flexibility index (Phi) is 5.35. The number of benzene rings is 1. The molecule has 0 aliphatic heterocycles. The average Bonchev–Trinajstić information content (AvgIpc) is 2.37. The minimum Gasteiger partial charge on any atom is -0.355 e. The van der Waals surface area contributed by atoms with Crippen LogP contribution in [0.3, 0.4) is 0 Å². The number of carbonyl (C=O) groups is 1. The molecule has 3 nitrogen and oxygen atoms in total. The molecule has 1 unspecified atom stereocenters. The zero-order valence-electron chi connectivity index (χ0n) is 11.8. The van der Waals surface area contributed by atoms with Gasteiger partial charge in [-0.1, -0.05) is 44.2 Å². The second kappa shape index (κ2) is 6.55. The molecule has 0 saturated heterocycles. The van der Waals surface area contributed by atoms with Gasteiger partial charge in [0.1, 0.15) is 0 Å². The van der Waals surface area contributed by atoms with Gasteiger partial charge in [0.2, 0.25) is 5.91 Å². The zero-order chi connectivity index (χ0) is 13.6. The molecule has 1 aromatic rings. The number of hydrogen-bond acceptors (Lipinski definition) is 2. The lowest BCUT2D eigenvalue weighted by Crippen LogP contribution is -2.46. The van der Waals surface area contributed by atoms with Crippen molar-refractivity contribution in [3.63, 3.8) is 0 Å². The van der Waals surface area contributed by atoms with Crippen LogP contribution in [0.5, 0.6) is 0 Å². The molecule has 1 amide bonds. The molecule has 18 heavy (non-hydrogen) atoms.